The highest BCUT2D eigenvalue weighted by molar-refractivity contribution is 8.01. The highest BCUT2D eigenvalue weighted by Gasteiger charge is 2.12. The number of sulfone groups is 1. The molecule has 106 valence electrons. The minimum atomic E-state index is -3.19. The van der Waals surface area contributed by atoms with Crippen LogP contribution in [-0.4, -0.2) is 53.4 Å². The third-order valence-electron chi connectivity index (χ3n) is 1.67. The van der Waals surface area contributed by atoms with Crippen LogP contribution in [-0.2, 0) is 19.4 Å². The Hall–Kier alpha value is -1.20. The van der Waals surface area contributed by atoms with Crippen LogP contribution in [0, 0.1) is 0 Å². The van der Waals surface area contributed by atoms with Crippen LogP contribution in [0.5, 0.6) is 0 Å². The molecule has 8 nitrogen and oxygen atoms in total. The molecule has 0 spiro atoms. The van der Waals surface area contributed by atoms with E-state index in [2.05, 4.69) is 15.5 Å². The predicted octanol–water partition coefficient (Wildman–Crippen LogP) is 0.0880. The van der Waals surface area contributed by atoms with Gasteiger partial charge in [-0.3, -0.25) is 9.59 Å². The molecule has 0 aromatic carbocycles. The molecule has 0 bridgehead atoms. The summed E-state index contributed by atoms with van der Waals surface area (Å²) in [6.07, 6.45) is 0.891. The second-order valence-electron chi connectivity index (χ2n) is 3.48. The van der Waals surface area contributed by atoms with Crippen LogP contribution in [0.15, 0.2) is 4.34 Å². The first-order valence-electron chi connectivity index (χ1n) is 4.92. The van der Waals surface area contributed by atoms with Crippen molar-refractivity contribution >= 4 is 49.9 Å². The summed E-state index contributed by atoms with van der Waals surface area (Å²) < 4.78 is 22.2. The van der Waals surface area contributed by atoms with E-state index in [9.17, 15) is 18.0 Å². The van der Waals surface area contributed by atoms with Crippen molar-refractivity contribution in [2.45, 2.75) is 10.8 Å². The van der Waals surface area contributed by atoms with Gasteiger partial charge in [0, 0.05) is 12.7 Å². The van der Waals surface area contributed by atoms with Gasteiger partial charge >= 0.3 is 5.97 Å². The minimum Gasteiger partial charge on any atom is -0.481 e. The molecule has 1 heterocycles. The maximum atomic E-state index is 11.4. The number of carbonyl (C=O) groups is 2. The highest BCUT2D eigenvalue weighted by Crippen LogP contribution is 2.25. The Morgan fingerprint density at radius 1 is 1.42 bits per heavy atom. The number of nitrogens with zero attached hydrogens (tertiary/aromatic N) is 2. The molecule has 1 amide bonds. The van der Waals surface area contributed by atoms with Crippen molar-refractivity contribution in [2.24, 2.45) is 0 Å². The number of rotatable bonds is 7. The summed E-state index contributed by atoms with van der Waals surface area (Å²) in [4.78, 5) is 21.7. The Balaban J connectivity index is 2.45. The largest absolute Gasteiger partial charge is 0.481 e. The second-order valence-corrected chi connectivity index (χ2v) is 7.94. The van der Waals surface area contributed by atoms with Crippen LogP contribution < -0.4 is 5.32 Å². The van der Waals surface area contributed by atoms with Gasteiger partial charge in [-0.2, -0.15) is 0 Å². The fourth-order valence-corrected chi connectivity index (χ4v) is 2.95. The Labute approximate surface area is 117 Å². The smallest absolute Gasteiger partial charge is 0.313 e. The molecule has 11 heteroatoms. The molecule has 19 heavy (non-hydrogen) atoms. The lowest BCUT2D eigenvalue weighted by atomic mass is 10.5. The second kappa shape index (κ2) is 6.82. The minimum absolute atomic E-state index is 0.142. The fraction of sp³-hybridized carbons (Fsp3) is 0.500. The number of nitrogens with one attached hydrogen (secondary N) is 1. The summed E-state index contributed by atoms with van der Waals surface area (Å²) in [6, 6.07) is 0. The number of aliphatic carboxylic acids is 1. The van der Waals surface area contributed by atoms with Crippen molar-refractivity contribution in [3.63, 3.8) is 0 Å². The van der Waals surface area contributed by atoms with Crippen LogP contribution in [0.25, 0.3) is 0 Å². The molecule has 1 rings (SSSR count). The third-order valence-corrected chi connectivity index (χ3v) is 4.57. The summed E-state index contributed by atoms with van der Waals surface area (Å²) >= 11 is 2.02. The number of anilines is 1. The zero-order valence-corrected chi connectivity index (χ0v) is 12.3. The van der Waals surface area contributed by atoms with Gasteiger partial charge < -0.3 is 10.4 Å². The number of aromatic nitrogens is 2. The van der Waals surface area contributed by atoms with E-state index in [-0.39, 0.29) is 23.1 Å². The monoisotopic (exact) mass is 325 g/mol. The first-order chi connectivity index (χ1) is 8.76. The number of amides is 1. The van der Waals surface area contributed by atoms with Crippen molar-refractivity contribution in [1.82, 2.24) is 10.2 Å². The molecular formula is C8H11N3O5S3. The molecule has 0 fully saturated rings. The number of hydrogen-bond acceptors (Lipinski definition) is 8. The molecule has 0 saturated heterocycles. The van der Waals surface area contributed by atoms with Crippen molar-refractivity contribution in [1.29, 1.82) is 0 Å². The van der Waals surface area contributed by atoms with Gasteiger partial charge in [0.1, 0.15) is 9.84 Å². The summed E-state index contributed by atoms with van der Waals surface area (Å²) in [5.74, 6) is -1.83. The molecule has 0 aliphatic rings. The summed E-state index contributed by atoms with van der Waals surface area (Å²) in [7, 11) is -3.19. The lowest BCUT2D eigenvalue weighted by Crippen LogP contribution is -2.16. The number of carboxylic acid groups (broad SMARTS) is 1. The standard InChI is InChI=1S/C8H11N3O5S3/c1-19(15,16)3-2-5(12)9-7-10-11-8(18-7)17-4-6(13)14/h2-4H2,1H3,(H,13,14)(H,9,10,12). The molecule has 0 unspecified atom stereocenters. The van der Waals surface area contributed by atoms with Crippen LogP contribution >= 0.6 is 23.1 Å². The topological polar surface area (TPSA) is 126 Å². The van der Waals surface area contributed by atoms with E-state index in [1.165, 1.54) is 0 Å². The molecule has 0 radical (unpaired) electrons. The molecule has 1 aromatic heterocycles. The maximum Gasteiger partial charge on any atom is 0.313 e. The van der Waals surface area contributed by atoms with Gasteiger partial charge in [0.2, 0.25) is 11.0 Å². The third kappa shape index (κ3) is 7.08. The van der Waals surface area contributed by atoms with E-state index in [1.807, 2.05) is 0 Å². The molecule has 1 aromatic rings. The molecule has 0 saturated carbocycles. The highest BCUT2D eigenvalue weighted by atomic mass is 32.2. The summed E-state index contributed by atoms with van der Waals surface area (Å²) in [5.41, 5.74) is 0. The van der Waals surface area contributed by atoms with Crippen LogP contribution in [0.1, 0.15) is 6.42 Å². The van der Waals surface area contributed by atoms with Gasteiger partial charge in [-0.1, -0.05) is 23.1 Å². The lowest BCUT2D eigenvalue weighted by Gasteiger charge is -1.99. The normalized spacial score (nSPS) is 11.2. The Morgan fingerprint density at radius 2 is 2.11 bits per heavy atom. The SMILES string of the molecule is CS(=O)(=O)CCC(=O)Nc1nnc(SCC(=O)O)s1. The van der Waals surface area contributed by atoms with E-state index in [0.29, 0.717) is 4.34 Å². The van der Waals surface area contributed by atoms with Gasteiger partial charge in [-0.25, -0.2) is 8.42 Å². The maximum absolute atomic E-state index is 11.4. The number of hydrogen-bond donors (Lipinski definition) is 2. The van der Waals surface area contributed by atoms with E-state index < -0.39 is 21.7 Å². The van der Waals surface area contributed by atoms with Crippen LogP contribution in [0.3, 0.4) is 0 Å². The molecule has 0 atom stereocenters. The molecular weight excluding hydrogens is 314 g/mol. The van der Waals surface area contributed by atoms with Crippen molar-refractivity contribution in [2.75, 3.05) is 23.1 Å². The van der Waals surface area contributed by atoms with Gasteiger partial charge in [0.25, 0.3) is 0 Å². The number of carbonyl (C=O) groups excluding carboxylic acids is 1. The summed E-state index contributed by atoms with van der Waals surface area (Å²) in [5, 5.41) is 18.4. The molecule has 0 aliphatic carbocycles. The molecule has 0 aliphatic heterocycles. The van der Waals surface area contributed by atoms with E-state index in [1.54, 1.807) is 0 Å². The van der Waals surface area contributed by atoms with Crippen molar-refractivity contribution in [3.8, 4) is 0 Å². The van der Waals surface area contributed by atoms with Gasteiger partial charge in [-0.15, -0.1) is 10.2 Å². The zero-order valence-electron chi connectivity index (χ0n) is 9.82. The summed E-state index contributed by atoms with van der Waals surface area (Å²) in [6.45, 7) is 0. The van der Waals surface area contributed by atoms with E-state index in [0.717, 1.165) is 29.4 Å². The van der Waals surface area contributed by atoms with E-state index in [4.69, 9.17) is 5.11 Å². The van der Waals surface area contributed by atoms with Crippen LogP contribution in [0.4, 0.5) is 5.13 Å². The first kappa shape index (κ1) is 15.9. The first-order valence-corrected chi connectivity index (χ1v) is 8.78. The van der Waals surface area contributed by atoms with Crippen molar-refractivity contribution < 1.29 is 23.1 Å². The Morgan fingerprint density at radius 3 is 2.68 bits per heavy atom. The van der Waals surface area contributed by atoms with Gasteiger partial charge in [0.15, 0.2) is 4.34 Å². The predicted molar refractivity (Wildman–Crippen MR) is 71.2 cm³/mol. The Bertz CT molecular complexity index is 568. The molecule has 2 N–H and O–H groups in total. The number of thioether (sulfide) groups is 1. The zero-order chi connectivity index (χ0) is 14.5. The van der Waals surface area contributed by atoms with Crippen LogP contribution in [0.2, 0.25) is 0 Å². The Kier molecular flexibility index (Phi) is 5.69. The lowest BCUT2D eigenvalue weighted by molar-refractivity contribution is -0.133. The average Bonchev–Trinajstić information content (AvgIpc) is 2.70. The number of carboxylic acids is 1. The quantitative estimate of drug-likeness (QED) is 0.533. The fourth-order valence-electron chi connectivity index (χ4n) is 0.902. The average molecular weight is 325 g/mol. The van der Waals surface area contributed by atoms with E-state index >= 15 is 0 Å². The van der Waals surface area contributed by atoms with Crippen molar-refractivity contribution in [3.05, 3.63) is 0 Å². The van der Waals surface area contributed by atoms with Gasteiger partial charge in [-0.05, 0) is 0 Å². The van der Waals surface area contributed by atoms with Gasteiger partial charge in [0.05, 0.1) is 11.5 Å².